The number of piperidine rings is 1. The van der Waals surface area contributed by atoms with Crippen molar-refractivity contribution < 1.29 is 32.6 Å². The summed E-state index contributed by atoms with van der Waals surface area (Å²) in [7, 11) is 0. The third-order valence-electron chi connectivity index (χ3n) is 5.88. The van der Waals surface area contributed by atoms with Crippen LogP contribution in [0.2, 0.25) is 0 Å². The Balaban J connectivity index is 1.40. The van der Waals surface area contributed by atoms with E-state index < -0.39 is 36.2 Å². The van der Waals surface area contributed by atoms with Gasteiger partial charge in [0.25, 0.3) is 0 Å². The molecule has 35 heavy (non-hydrogen) atoms. The Bertz CT molecular complexity index is 1110. The summed E-state index contributed by atoms with van der Waals surface area (Å²) in [5, 5.41) is 10.2. The van der Waals surface area contributed by atoms with Gasteiger partial charge in [-0.2, -0.15) is 0 Å². The van der Waals surface area contributed by atoms with Gasteiger partial charge in [0.2, 0.25) is 5.91 Å². The fraction of sp³-hybridized carbons (Fsp3) is 0.500. The molecular weight excluding hydrogens is 466 g/mol. The summed E-state index contributed by atoms with van der Waals surface area (Å²) in [4.78, 5) is 37.9. The second kappa shape index (κ2) is 10.2. The predicted octanol–water partition coefficient (Wildman–Crippen LogP) is 1.84. The van der Waals surface area contributed by atoms with E-state index in [0.29, 0.717) is 18.7 Å². The number of aromatic nitrogens is 3. The number of rotatable bonds is 7. The van der Waals surface area contributed by atoms with Crippen LogP contribution >= 0.6 is 0 Å². The average molecular weight is 492 g/mol. The normalized spacial score (nSPS) is 22.2. The van der Waals surface area contributed by atoms with Gasteiger partial charge in [-0.1, -0.05) is 5.21 Å². The van der Waals surface area contributed by atoms with Crippen LogP contribution in [0.25, 0.3) is 0 Å². The molecule has 2 amide bonds. The topological polar surface area (TPSA) is 119 Å². The molecule has 2 fully saturated rings. The number of carbonyl (C=O) groups excluding carboxylic acids is 3. The number of cyclic esters (lactones) is 1. The van der Waals surface area contributed by atoms with Crippen LogP contribution in [0.1, 0.15) is 36.8 Å². The highest BCUT2D eigenvalue weighted by atomic mass is 19.1. The second-order valence-corrected chi connectivity index (χ2v) is 8.31. The van der Waals surface area contributed by atoms with Crippen LogP contribution in [0.4, 0.5) is 25.0 Å². The summed E-state index contributed by atoms with van der Waals surface area (Å²) in [6, 6.07) is 3.63. The Morgan fingerprint density at radius 3 is 2.80 bits per heavy atom. The number of nitrogens with one attached hydrogen (secondary N) is 1. The van der Waals surface area contributed by atoms with E-state index in [9.17, 15) is 18.8 Å². The smallest absolute Gasteiger partial charge is 0.414 e. The minimum Gasteiger partial charge on any atom is -0.461 e. The lowest BCUT2D eigenvalue weighted by Gasteiger charge is -2.36. The summed E-state index contributed by atoms with van der Waals surface area (Å²) >= 11 is 0. The van der Waals surface area contributed by atoms with Crippen molar-refractivity contribution >= 4 is 29.3 Å². The molecule has 4 rings (SSSR count). The fourth-order valence-electron chi connectivity index (χ4n) is 4.16. The summed E-state index contributed by atoms with van der Waals surface area (Å²) in [5.74, 6) is -1.47. The number of amides is 2. The minimum atomic E-state index is -1.39. The average Bonchev–Trinajstić information content (AvgIpc) is 3.45. The van der Waals surface area contributed by atoms with E-state index in [0.717, 1.165) is 0 Å². The first kappa shape index (κ1) is 24.4. The molecule has 1 aromatic carbocycles. The summed E-state index contributed by atoms with van der Waals surface area (Å²) in [6.07, 6.45) is -0.886. The Kier molecular flexibility index (Phi) is 7.12. The molecule has 188 valence electrons. The SMILES string of the molecule is CCOC(=O)c1cn(C2CCN(c3ccc(N4C[C@H](CNC(C)=O)OC4=O)cc3F)CC2F)nn1. The lowest BCUT2D eigenvalue weighted by molar-refractivity contribution is -0.119. The van der Waals surface area contributed by atoms with E-state index in [1.807, 2.05) is 0 Å². The van der Waals surface area contributed by atoms with Gasteiger partial charge in [0, 0.05) is 13.5 Å². The van der Waals surface area contributed by atoms with Crippen LogP contribution < -0.4 is 15.1 Å². The Labute approximate surface area is 199 Å². The van der Waals surface area contributed by atoms with Gasteiger partial charge in [-0.05, 0) is 31.5 Å². The van der Waals surface area contributed by atoms with Crippen LogP contribution in [-0.2, 0) is 14.3 Å². The molecular formula is C22H26F2N6O5. The summed E-state index contributed by atoms with van der Waals surface area (Å²) < 4.78 is 41.4. The quantitative estimate of drug-likeness (QED) is 0.582. The van der Waals surface area contributed by atoms with Gasteiger partial charge >= 0.3 is 12.1 Å². The van der Waals surface area contributed by atoms with Gasteiger partial charge in [0.1, 0.15) is 18.1 Å². The Morgan fingerprint density at radius 1 is 1.31 bits per heavy atom. The highest BCUT2D eigenvalue weighted by Gasteiger charge is 2.35. The number of esters is 1. The van der Waals surface area contributed by atoms with Crippen molar-refractivity contribution in [2.45, 2.75) is 38.6 Å². The third kappa shape index (κ3) is 5.33. The number of hydrogen-bond acceptors (Lipinski definition) is 8. The van der Waals surface area contributed by atoms with Gasteiger partial charge < -0.3 is 19.7 Å². The highest BCUT2D eigenvalue weighted by Crippen LogP contribution is 2.32. The molecule has 2 unspecified atom stereocenters. The lowest BCUT2D eigenvalue weighted by Crippen LogP contribution is -2.43. The highest BCUT2D eigenvalue weighted by molar-refractivity contribution is 5.90. The van der Waals surface area contributed by atoms with Gasteiger partial charge in [0.15, 0.2) is 5.69 Å². The van der Waals surface area contributed by atoms with Gasteiger partial charge in [0.05, 0.1) is 49.9 Å². The predicted molar refractivity (Wildman–Crippen MR) is 119 cm³/mol. The van der Waals surface area contributed by atoms with Crippen molar-refractivity contribution in [1.82, 2.24) is 20.3 Å². The first-order valence-corrected chi connectivity index (χ1v) is 11.3. The molecule has 2 aromatic rings. The van der Waals surface area contributed by atoms with E-state index >= 15 is 4.39 Å². The molecule has 0 saturated carbocycles. The molecule has 0 bridgehead atoms. The van der Waals surface area contributed by atoms with E-state index in [2.05, 4.69) is 15.6 Å². The molecule has 0 aliphatic carbocycles. The fourth-order valence-corrected chi connectivity index (χ4v) is 4.16. The molecule has 2 saturated heterocycles. The lowest BCUT2D eigenvalue weighted by atomic mass is 10.0. The number of carbonyl (C=O) groups is 3. The van der Waals surface area contributed by atoms with Crippen molar-refractivity contribution in [2.75, 3.05) is 42.6 Å². The number of benzene rings is 1. The zero-order valence-electron chi connectivity index (χ0n) is 19.3. The number of anilines is 2. The van der Waals surface area contributed by atoms with E-state index in [1.54, 1.807) is 17.9 Å². The van der Waals surface area contributed by atoms with Crippen molar-refractivity contribution in [3.05, 3.63) is 35.9 Å². The van der Waals surface area contributed by atoms with E-state index in [-0.39, 0.29) is 43.5 Å². The third-order valence-corrected chi connectivity index (χ3v) is 5.88. The first-order valence-electron chi connectivity index (χ1n) is 11.3. The second-order valence-electron chi connectivity index (χ2n) is 8.31. The molecule has 1 N–H and O–H groups in total. The van der Waals surface area contributed by atoms with Crippen LogP contribution in [-0.4, -0.2) is 78.0 Å². The Hall–Kier alpha value is -3.77. The van der Waals surface area contributed by atoms with Crippen molar-refractivity contribution in [3.63, 3.8) is 0 Å². The van der Waals surface area contributed by atoms with Gasteiger partial charge in [-0.3, -0.25) is 9.69 Å². The zero-order chi connectivity index (χ0) is 25.1. The van der Waals surface area contributed by atoms with Crippen molar-refractivity contribution in [1.29, 1.82) is 0 Å². The van der Waals surface area contributed by atoms with Crippen molar-refractivity contribution in [3.8, 4) is 0 Å². The molecule has 13 heteroatoms. The first-order chi connectivity index (χ1) is 16.8. The number of ether oxygens (including phenoxy) is 2. The number of halogens is 2. The van der Waals surface area contributed by atoms with Gasteiger partial charge in [-0.25, -0.2) is 23.1 Å². The molecule has 2 aliphatic rings. The Morgan fingerprint density at radius 2 is 2.11 bits per heavy atom. The maximum Gasteiger partial charge on any atom is 0.414 e. The number of alkyl halides is 1. The zero-order valence-corrected chi connectivity index (χ0v) is 19.3. The maximum atomic E-state index is 15.0. The number of nitrogens with zero attached hydrogens (tertiary/aromatic N) is 5. The summed E-state index contributed by atoms with van der Waals surface area (Å²) in [5.41, 5.74) is 0.522. The molecule has 0 spiro atoms. The molecule has 11 nitrogen and oxygen atoms in total. The largest absolute Gasteiger partial charge is 0.461 e. The summed E-state index contributed by atoms with van der Waals surface area (Å²) in [6.45, 7) is 3.82. The van der Waals surface area contributed by atoms with Crippen LogP contribution in [0.3, 0.4) is 0 Å². The molecule has 1 aromatic heterocycles. The van der Waals surface area contributed by atoms with Crippen LogP contribution in [0, 0.1) is 5.82 Å². The van der Waals surface area contributed by atoms with Crippen molar-refractivity contribution in [2.24, 2.45) is 0 Å². The minimum absolute atomic E-state index is 0.00265. The standard InChI is InChI=1S/C22H26F2N6O5/c1-3-34-21(32)18-12-30(27-26-18)20-6-7-28(11-17(20)24)19-5-4-14(8-16(19)23)29-10-15(35-22(29)33)9-25-13(2)31/h4-5,8,12,15,17,20H,3,6-7,9-11H2,1-2H3,(H,25,31)/t15-,17?,20?/m0/s1. The van der Waals surface area contributed by atoms with E-state index in [1.165, 1.54) is 34.8 Å². The molecule has 2 aliphatic heterocycles. The number of hydrogen-bond donors (Lipinski definition) is 1. The monoisotopic (exact) mass is 492 g/mol. The molecule has 3 heterocycles. The van der Waals surface area contributed by atoms with Crippen LogP contribution in [0.5, 0.6) is 0 Å². The maximum absolute atomic E-state index is 15.0. The molecule has 0 radical (unpaired) electrons. The van der Waals surface area contributed by atoms with Crippen LogP contribution in [0.15, 0.2) is 24.4 Å². The van der Waals surface area contributed by atoms with E-state index in [4.69, 9.17) is 9.47 Å². The molecule has 3 atom stereocenters. The van der Waals surface area contributed by atoms with Gasteiger partial charge in [-0.15, -0.1) is 5.10 Å².